The normalized spacial score (nSPS) is 31.1. The Kier molecular flexibility index (Phi) is 7.20. The second-order valence-electron chi connectivity index (χ2n) is 11.2. The third kappa shape index (κ3) is 4.72. The number of aryl methyl sites for hydroxylation is 1. The molecule has 8 unspecified atom stereocenters. The third-order valence-corrected chi connectivity index (χ3v) is 8.20. The largest absolute Gasteiger partial charge is 0.507 e. The van der Waals surface area contributed by atoms with Gasteiger partial charge in [-0.25, -0.2) is 0 Å². The Bertz CT molecular complexity index is 1560. The molecule has 0 amide bonds. The predicted octanol–water partition coefficient (Wildman–Crippen LogP) is 2.45. The number of fused-ring (bicyclic) bond motifs is 4. The Morgan fingerprint density at radius 2 is 1.50 bits per heavy atom. The molecule has 0 bridgehead atoms. The fourth-order valence-corrected chi connectivity index (χ4v) is 6.12. The highest BCUT2D eigenvalue weighted by atomic mass is 16.7. The lowest BCUT2D eigenvalue weighted by molar-refractivity contribution is -0.303. The van der Waals surface area contributed by atoms with Crippen LogP contribution in [0.25, 0.3) is 10.8 Å². The van der Waals surface area contributed by atoms with Crippen molar-refractivity contribution in [2.24, 2.45) is 0 Å². The molecule has 0 radical (unpaired) electrons. The zero-order valence-corrected chi connectivity index (χ0v) is 23.2. The van der Waals surface area contributed by atoms with Crippen molar-refractivity contribution in [1.29, 1.82) is 0 Å². The lowest BCUT2D eigenvalue weighted by atomic mass is 9.80. The van der Waals surface area contributed by atoms with Crippen LogP contribution in [-0.2, 0) is 14.2 Å². The van der Waals surface area contributed by atoms with Gasteiger partial charge in [-0.05, 0) is 56.0 Å². The molecule has 0 spiro atoms. The summed E-state index contributed by atoms with van der Waals surface area (Å²) in [7, 11) is 0. The van der Waals surface area contributed by atoms with E-state index in [9.17, 15) is 35.1 Å². The van der Waals surface area contributed by atoms with Crippen molar-refractivity contribution < 1.29 is 54.1 Å². The first-order valence-electron chi connectivity index (χ1n) is 13.8. The van der Waals surface area contributed by atoms with E-state index in [0.717, 1.165) is 5.56 Å². The number of aliphatic hydroxyl groups excluding tert-OH is 3. The number of carbonyl (C=O) groups is 2. The molecule has 0 aromatic heterocycles. The number of hydrogen-bond acceptors (Lipinski definition) is 11. The molecule has 5 N–H and O–H groups in total. The number of carbonyl (C=O) groups excluding carboxylic acids is 2. The quantitative estimate of drug-likeness (QED) is 0.240. The van der Waals surface area contributed by atoms with Gasteiger partial charge in [0, 0.05) is 29.4 Å². The summed E-state index contributed by atoms with van der Waals surface area (Å²) < 4.78 is 23.5. The average molecular weight is 581 g/mol. The lowest BCUT2D eigenvalue weighted by Crippen LogP contribution is -2.54. The second kappa shape index (κ2) is 10.6. The zero-order valence-electron chi connectivity index (χ0n) is 23.2. The Hall–Kier alpha value is -3.58. The summed E-state index contributed by atoms with van der Waals surface area (Å²) in [5.41, 5.74) is 0.467. The maximum absolute atomic E-state index is 13.8. The van der Waals surface area contributed by atoms with Crippen LogP contribution in [0.4, 0.5) is 0 Å². The van der Waals surface area contributed by atoms with Crippen molar-refractivity contribution >= 4 is 22.3 Å². The van der Waals surface area contributed by atoms with Gasteiger partial charge in [-0.1, -0.05) is 12.1 Å². The number of phenols is 2. The first-order chi connectivity index (χ1) is 19.9. The van der Waals surface area contributed by atoms with Gasteiger partial charge in [0.15, 0.2) is 17.9 Å². The minimum absolute atomic E-state index is 0.00443. The molecule has 3 aromatic carbocycles. The molecule has 2 saturated heterocycles. The van der Waals surface area contributed by atoms with E-state index >= 15 is 0 Å². The van der Waals surface area contributed by atoms with Gasteiger partial charge >= 0.3 is 0 Å². The van der Waals surface area contributed by atoms with E-state index in [1.54, 1.807) is 32.9 Å². The number of benzene rings is 3. The van der Waals surface area contributed by atoms with Crippen LogP contribution in [0.1, 0.15) is 64.1 Å². The van der Waals surface area contributed by atoms with Crippen LogP contribution in [0, 0.1) is 6.92 Å². The highest BCUT2D eigenvalue weighted by molar-refractivity contribution is 6.34. The van der Waals surface area contributed by atoms with Crippen molar-refractivity contribution in [3.8, 4) is 17.2 Å². The van der Waals surface area contributed by atoms with Crippen molar-refractivity contribution in [3.63, 3.8) is 0 Å². The fourth-order valence-electron chi connectivity index (χ4n) is 6.12. The maximum Gasteiger partial charge on any atom is 0.202 e. The molecule has 2 fully saturated rings. The molecule has 222 valence electrons. The van der Waals surface area contributed by atoms with Crippen molar-refractivity contribution in [2.45, 2.75) is 82.8 Å². The molecule has 42 heavy (non-hydrogen) atoms. The van der Waals surface area contributed by atoms with Crippen LogP contribution < -0.4 is 4.74 Å². The van der Waals surface area contributed by atoms with Gasteiger partial charge < -0.3 is 44.5 Å². The molecule has 2 heterocycles. The number of aliphatic hydroxyl groups is 3. The van der Waals surface area contributed by atoms with Crippen molar-refractivity contribution in [2.75, 3.05) is 0 Å². The summed E-state index contributed by atoms with van der Waals surface area (Å²) in [5, 5.41) is 53.1. The van der Waals surface area contributed by atoms with Crippen LogP contribution >= 0.6 is 0 Å². The SMILES string of the molecule is Cc1cc(O)c2c3c(ccc2c1)C(=O)c1c(OC2CC(O)C(OC4CC(O)C(O)C(C)O4)C(C)O2)ccc(O)c1C3=O. The minimum Gasteiger partial charge on any atom is -0.507 e. The van der Waals surface area contributed by atoms with Gasteiger partial charge in [-0.15, -0.1) is 0 Å². The predicted molar refractivity (Wildman–Crippen MR) is 147 cm³/mol. The monoisotopic (exact) mass is 580 g/mol. The Morgan fingerprint density at radius 3 is 2.21 bits per heavy atom. The molecule has 11 nitrogen and oxygen atoms in total. The van der Waals surface area contributed by atoms with Crippen molar-refractivity contribution in [3.05, 3.63) is 64.2 Å². The topological polar surface area (TPSA) is 172 Å². The summed E-state index contributed by atoms with van der Waals surface area (Å²) in [6, 6.07) is 9.07. The molecule has 1 aliphatic carbocycles. The van der Waals surface area contributed by atoms with Crippen LogP contribution in [0.15, 0.2) is 36.4 Å². The molecule has 3 aromatic rings. The third-order valence-electron chi connectivity index (χ3n) is 8.20. The van der Waals surface area contributed by atoms with E-state index in [1.807, 2.05) is 0 Å². The van der Waals surface area contributed by atoms with E-state index in [2.05, 4.69) is 0 Å². The van der Waals surface area contributed by atoms with Crippen LogP contribution in [0.2, 0.25) is 0 Å². The molecule has 6 rings (SSSR count). The fraction of sp³-hybridized carbons (Fsp3) is 0.419. The first kappa shape index (κ1) is 28.5. The molecular formula is C31H32O11. The highest BCUT2D eigenvalue weighted by Crippen LogP contribution is 2.43. The minimum atomic E-state index is -1.08. The summed E-state index contributed by atoms with van der Waals surface area (Å²) in [6.07, 6.45) is -7.30. The lowest BCUT2D eigenvalue weighted by Gasteiger charge is -2.42. The summed E-state index contributed by atoms with van der Waals surface area (Å²) >= 11 is 0. The highest BCUT2D eigenvalue weighted by Gasteiger charge is 2.43. The Balaban J connectivity index is 1.26. The summed E-state index contributed by atoms with van der Waals surface area (Å²) in [6.45, 7) is 5.08. The zero-order chi connectivity index (χ0) is 30.0. The van der Waals surface area contributed by atoms with E-state index in [0.29, 0.717) is 5.39 Å². The molecule has 2 aliphatic heterocycles. The number of hydrogen-bond donors (Lipinski definition) is 5. The molecule has 0 saturated carbocycles. The van der Waals surface area contributed by atoms with Gasteiger partial charge in [-0.2, -0.15) is 0 Å². The molecule has 8 atom stereocenters. The molecule has 11 heteroatoms. The Morgan fingerprint density at radius 1 is 0.786 bits per heavy atom. The number of phenolic OH excluding ortho intramolecular Hbond substituents is 2. The van der Waals surface area contributed by atoms with Gasteiger partial charge in [0.05, 0.1) is 35.5 Å². The van der Waals surface area contributed by atoms with Crippen LogP contribution in [0.3, 0.4) is 0 Å². The smallest absolute Gasteiger partial charge is 0.202 e. The van der Waals surface area contributed by atoms with Crippen LogP contribution in [-0.4, -0.2) is 86.3 Å². The maximum atomic E-state index is 13.8. The average Bonchev–Trinajstić information content (AvgIpc) is 2.92. The van der Waals surface area contributed by atoms with Crippen molar-refractivity contribution in [1.82, 2.24) is 0 Å². The summed E-state index contributed by atoms with van der Waals surface area (Å²) in [4.78, 5) is 27.5. The standard InChI is InChI=1S/C31H32O11/c1-12-8-15-4-5-16-25(24(15)18(33)9-12)30(38)26-17(32)6-7-21(27(26)29(16)37)41-22-11-20(35)31(14(3)40-22)42-23-10-19(34)28(36)13(2)39-23/h4-9,13-14,19-20,22-23,28,31-36H,10-11H2,1-3H3. The Labute approximate surface area is 240 Å². The van der Waals surface area contributed by atoms with Gasteiger partial charge in [-0.3, -0.25) is 9.59 Å². The number of ketones is 2. The number of aromatic hydroxyl groups is 2. The first-order valence-corrected chi connectivity index (χ1v) is 13.8. The number of ether oxygens (including phenoxy) is 4. The van der Waals surface area contributed by atoms with E-state index in [-0.39, 0.29) is 52.0 Å². The van der Waals surface area contributed by atoms with E-state index in [4.69, 9.17) is 18.9 Å². The van der Waals surface area contributed by atoms with Crippen LogP contribution in [0.5, 0.6) is 17.2 Å². The van der Waals surface area contributed by atoms with Gasteiger partial charge in [0.2, 0.25) is 6.29 Å². The van der Waals surface area contributed by atoms with Gasteiger partial charge in [0.1, 0.15) is 29.5 Å². The van der Waals surface area contributed by atoms with E-state index < -0.39 is 66.5 Å². The second-order valence-corrected chi connectivity index (χ2v) is 11.2. The van der Waals surface area contributed by atoms with E-state index in [1.165, 1.54) is 24.3 Å². The summed E-state index contributed by atoms with van der Waals surface area (Å²) in [5.74, 6) is -1.77. The van der Waals surface area contributed by atoms with Gasteiger partial charge in [0.25, 0.3) is 0 Å². The molecule has 3 aliphatic rings. The molecular weight excluding hydrogens is 548 g/mol. The number of rotatable bonds is 4.